The Balaban J connectivity index is 0.00000246. The second-order valence-corrected chi connectivity index (χ2v) is 46.1. The summed E-state index contributed by atoms with van der Waals surface area (Å²) in [5.41, 5.74) is -9.54. The molecule has 0 amide bonds. The van der Waals surface area contributed by atoms with Gasteiger partial charge in [-0.1, -0.05) is 0 Å². The average Bonchev–Trinajstić information content (AvgIpc) is 3.36. The normalized spacial score (nSPS) is 12.6. The predicted octanol–water partition coefficient (Wildman–Crippen LogP) is 9.13. The zero-order valence-electron chi connectivity index (χ0n) is 33.2. The van der Waals surface area contributed by atoms with Crippen LogP contribution in [0.25, 0.3) is 0 Å². The third-order valence-electron chi connectivity index (χ3n) is 11.1. The van der Waals surface area contributed by atoms with Crippen LogP contribution in [0.5, 0.6) is 0 Å². The Morgan fingerprint density at radius 3 is 0.400 bits per heavy atom. The Morgan fingerprint density at radius 1 is 0.200 bits per heavy atom. The third-order valence-corrected chi connectivity index (χ3v) is 70.2. The van der Waals surface area contributed by atoms with E-state index in [0.29, 0.717) is 0 Å². The molecule has 0 saturated carbocycles. The van der Waals surface area contributed by atoms with Gasteiger partial charge in [-0.3, -0.25) is 4.79 Å². The van der Waals surface area contributed by atoms with E-state index in [2.05, 4.69) is 280 Å². The van der Waals surface area contributed by atoms with Crippen molar-refractivity contribution in [3.8, 4) is 0 Å². The summed E-state index contributed by atoms with van der Waals surface area (Å²) in [7, 11) is 0. The molecule has 9 aromatic carbocycles. The van der Waals surface area contributed by atoms with Crippen molar-refractivity contribution >= 4 is 70.9 Å². The van der Waals surface area contributed by atoms with Gasteiger partial charge < -0.3 is 0 Å². The van der Waals surface area contributed by atoms with Gasteiger partial charge in [0.2, 0.25) is 0 Å². The van der Waals surface area contributed by atoms with Crippen molar-refractivity contribution in [2.24, 2.45) is 0 Å². The van der Waals surface area contributed by atoms with Crippen molar-refractivity contribution in [3.05, 3.63) is 273 Å². The second-order valence-electron chi connectivity index (χ2n) is 14.4. The van der Waals surface area contributed by atoms with E-state index in [1.807, 2.05) is 0 Å². The van der Waals surface area contributed by atoms with E-state index >= 15 is 0 Å². The molecule has 299 valence electrons. The van der Waals surface area contributed by atoms with Crippen LogP contribution in [0.1, 0.15) is 0 Å². The van der Waals surface area contributed by atoms with Crippen LogP contribution < -0.4 is 47.7 Å². The van der Waals surface area contributed by atoms with E-state index in [0.717, 1.165) is 0 Å². The summed E-state index contributed by atoms with van der Waals surface area (Å²) in [5.74, 6) is 0. The molecule has 60 heavy (non-hydrogen) atoms. The van der Waals surface area contributed by atoms with Crippen LogP contribution in [0.15, 0.2) is 273 Å². The molecule has 0 fully saturated rings. The van der Waals surface area contributed by atoms with E-state index in [9.17, 15) is 0 Å². The van der Waals surface area contributed by atoms with E-state index in [1.54, 1.807) is 0 Å². The minimum absolute atomic E-state index is 1.48. The summed E-state index contributed by atoms with van der Waals surface area (Å²) in [4.78, 5) is 7.50. The Bertz CT molecular complexity index is 2070. The van der Waals surface area contributed by atoms with Crippen molar-refractivity contribution in [2.45, 2.75) is 0 Å². The summed E-state index contributed by atoms with van der Waals surface area (Å²) in [6.45, 7) is 4.50. The summed E-state index contributed by atoms with van der Waals surface area (Å²) in [5, 5.41) is 13.3. The van der Waals surface area contributed by atoms with Crippen LogP contribution in [-0.2, 0) is 20.1 Å². The fourth-order valence-corrected chi connectivity index (χ4v) is 95.3. The van der Waals surface area contributed by atoms with Gasteiger partial charge in [0.15, 0.2) is 0 Å². The van der Waals surface area contributed by atoms with Crippen molar-refractivity contribution in [3.63, 3.8) is 0 Å². The molecule has 0 bridgehead atoms. The van der Waals surface area contributed by atoms with E-state index in [4.69, 9.17) is 4.79 Å². The predicted molar refractivity (Wildman–Crippen MR) is 265 cm³/mol. The van der Waals surface area contributed by atoms with Gasteiger partial charge >= 0.3 is 352 Å². The van der Waals surface area contributed by atoms with Crippen molar-refractivity contribution in [2.75, 3.05) is 0 Å². The summed E-state index contributed by atoms with van der Waals surface area (Å²) in [6, 6.07) is 106. The fourth-order valence-electron chi connectivity index (χ4n) is 8.77. The van der Waals surface area contributed by atoms with Crippen LogP contribution in [0.3, 0.4) is 0 Å². The summed E-state index contributed by atoms with van der Waals surface area (Å²) in [6.07, 6.45) is 0. The molecule has 0 N–H and O–H groups in total. The molecule has 0 aliphatic carbocycles. The Labute approximate surface area is 361 Å². The maximum atomic E-state index is 7.50. The SMILES string of the molecule is [C]=O.c1ccc([PH](c2ccccc2)(c2ccccc2)[Pd]([PH](c2ccccc2)(c2ccccc2)c2ccccc2)[PH](c2ccccc2)(c2ccccc2)c2ccccc2)cc1. The first-order valence-corrected chi connectivity index (χ1v) is 32.6. The number of rotatable bonds is 12. The maximum absolute atomic E-state index is 7.50. The van der Waals surface area contributed by atoms with Gasteiger partial charge in [0.1, 0.15) is 0 Å². The van der Waals surface area contributed by atoms with Crippen LogP contribution in [0, 0.1) is 0 Å². The molecule has 0 aromatic heterocycles. The topological polar surface area (TPSA) is 17.1 Å². The first kappa shape index (κ1) is 41.3. The van der Waals surface area contributed by atoms with Gasteiger partial charge in [-0.25, -0.2) is 0 Å². The first-order chi connectivity index (χ1) is 29.8. The number of hydrogen-bond acceptors (Lipinski definition) is 1. The van der Waals surface area contributed by atoms with Crippen LogP contribution >= 0.6 is 16.4 Å². The van der Waals surface area contributed by atoms with E-state index < -0.39 is 31.6 Å². The Kier molecular flexibility index (Phi) is 13.3. The molecule has 9 aromatic rings. The molecule has 0 spiro atoms. The fraction of sp³-hybridized carbons (Fsp3) is 0. The zero-order valence-corrected chi connectivity index (χ0v) is 37.8. The quantitative estimate of drug-likeness (QED) is 0.0884. The number of carbonyl (C=O) groups excluding carboxylic acids is 1. The molecule has 0 aliphatic heterocycles. The molecule has 0 atom stereocenters. The Hall–Kier alpha value is -5.40. The van der Waals surface area contributed by atoms with Gasteiger partial charge in [0, 0.05) is 0 Å². The molecule has 0 saturated heterocycles. The van der Waals surface area contributed by atoms with Crippen LogP contribution in [0.2, 0.25) is 0 Å². The van der Waals surface area contributed by atoms with Crippen molar-refractivity contribution in [1.82, 2.24) is 0 Å². The third kappa shape index (κ3) is 7.29. The Morgan fingerprint density at radius 2 is 0.300 bits per heavy atom. The van der Waals surface area contributed by atoms with E-state index in [1.165, 1.54) is 47.7 Å². The summed E-state index contributed by atoms with van der Waals surface area (Å²) >= 11 is -2.18. The molecule has 5 heteroatoms. The molecule has 9 rings (SSSR count). The van der Waals surface area contributed by atoms with Gasteiger partial charge in [-0.05, 0) is 0 Å². The zero-order chi connectivity index (χ0) is 41.1. The average molecular weight is 924 g/mol. The van der Waals surface area contributed by atoms with Gasteiger partial charge in [-0.15, -0.1) is 0 Å². The second kappa shape index (κ2) is 19.3. The van der Waals surface area contributed by atoms with Crippen molar-refractivity contribution < 1.29 is 20.1 Å². The standard InChI is InChI=1S/3C18H15P.CO.Pd/c3*1-4-10-16(11-5-1)19(17-12-6-2-7-13-17)18-14-8-3-9-15-18;1-2;/h3*1-15H;;/q;;;;-3/p+3. The molecule has 0 heterocycles. The monoisotopic (exact) mass is 923 g/mol. The molecule has 0 unspecified atom stereocenters. The summed E-state index contributed by atoms with van der Waals surface area (Å²) < 4.78 is 0. The van der Waals surface area contributed by atoms with Crippen molar-refractivity contribution in [1.29, 1.82) is 0 Å². The van der Waals surface area contributed by atoms with Gasteiger partial charge in [0.25, 0.3) is 6.79 Å². The van der Waals surface area contributed by atoms with E-state index in [-0.39, 0.29) is 0 Å². The number of hydrogen-bond donors (Lipinski definition) is 0. The minimum atomic E-state index is -3.18. The van der Waals surface area contributed by atoms with Crippen LogP contribution in [0.4, 0.5) is 0 Å². The molecule has 2 radical (unpaired) electrons. The first-order valence-electron chi connectivity index (χ1n) is 20.1. The molecular formula is C55H48OP3Pd. The van der Waals surface area contributed by atoms with Crippen LogP contribution in [-0.4, -0.2) is 6.79 Å². The van der Waals surface area contributed by atoms with Gasteiger partial charge in [0.05, 0.1) is 0 Å². The molecule has 1 nitrogen and oxygen atoms in total. The number of benzene rings is 9. The molecular weight excluding hydrogens is 876 g/mol. The van der Waals surface area contributed by atoms with Gasteiger partial charge in [-0.2, -0.15) is 0 Å². The molecule has 0 aliphatic rings.